The Morgan fingerprint density at radius 3 is 2.67 bits per heavy atom. The minimum absolute atomic E-state index is 0.490. The van der Waals surface area contributed by atoms with Crippen LogP contribution in [0.4, 0.5) is 0 Å². The maximum absolute atomic E-state index is 11.1. The SMILES string of the molecule is CNCC1CCN(S(C)(=O)=O)C1. The Labute approximate surface area is 74.0 Å². The molecule has 0 spiro atoms. The van der Waals surface area contributed by atoms with E-state index in [1.54, 1.807) is 4.31 Å². The van der Waals surface area contributed by atoms with Crippen LogP contribution in [0.3, 0.4) is 0 Å². The maximum atomic E-state index is 11.1. The molecule has 1 rings (SSSR count). The molecule has 4 nitrogen and oxygen atoms in total. The van der Waals surface area contributed by atoms with Crippen molar-refractivity contribution in [1.29, 1.82) is 0 Å². The van der Waals surface area contributed by atoms with Crippen molar-refractivity contribution in [3.63, 3.8) is 0 Å². The molecule has 0 bridgehead atoms. The topological polar surface area (TPSA) is 49.4 Å². The van der Waals surface area contributed by atoms with Gasteiger partial charge < -0.3 is 5.32 Å². The van der Waals surface area contributed by atoms with E-state index in [-0.39, 0.29) is 0 Å². The summed E-state index contributed by atoms with van der Waals surface area (Å²) in [5, 5.41) is 3.06. The van der Waals surface area contributed by atoms with Crippen LogP contribution in [-0.4, -0.2) is 45.7 Å². The molecule has 1 saturated heterocycles. The van der Waals surface area contributed by atoms with Crippen molar-refractivity contribution in [3.8, 4) is 0 Å². The van der Waals surface area contributed by atoms with Gasteiger partial charge in [-0.15, -0.1) is 0 Å². The molecule has 1 N–H and O–H groups in total. The van der Waals surface area contributed by atoms with E-state index in [1.165, 1.54) is 6.26 Å². The van der Waals surface area contributed by atoms with Crippen LogP contribution in [0.25, 0.3) is 0 Å². The molecule has 0 aromatic heterocycles. The van der Waals surface area contributed by atoms with E-state index in [4.69, 9.17) is 0 Å². The summed E-state index contributed by atoms with van der Waals surface area (Å²) >= 11 is 0. The summed E-state index contributed by atoms with van der Waals surface area (Å²) in [5.74, 6) is 0.490. The minimum Gasteiger partial charge on any atom is -0.319 e. The fourth-order valence-electron chi connectivity index (χ4n) is 1.55. The molecule has 1 atom stereocenters. The first kappa shape index (κ1) is 9.95. The van der Waals surface area contributed by atoms with Crippen molar-refractivity contribution in [2.24, 2.45) is 5.92 Å². The van der Waals surface area contributed by atoms with Crippen molar-refractivity contribution < 1.29 is 8.42 Å². The largest absolute Gasteiger partial charge is 0.319 e. The Balaban J connectivity index is 2.46. The Hall–Kier alpha value is -0.130. The van der Waals surface area contributed by atoms with Gasteiger partial charge in [0.15, 0.2) is 0 Å². The highest BCUT2D eigenvalue weighted by atomic mass is 32.2. The normalized spacial score (nSPS) is 26.3. The molecule has 1 aliphatic rings. The van der Waals surface area contributed by atoms with Crippen LogP contribution in [0.2, 0.25) is 0 Å². The number of hydrogen-bond donors (Lipinski definition) is 1. The molecule has 0 aromatic rings. The standard InChI is InChI=1S/C7H16N2O2S/c1-8-5-7-3-4-9(6-7)12(2,10)11/h7-8H,3-6H2,1-2H3. The molecule has 0 saturated carbocycles. The first-order chi connectivity index (χ1) is 5.54. The molecule has 5 heteroatoms. The molecule has 1 aliphatic heterocycles. The Bertz CT molecular complexity index is 238. The average Bonchev–Trinajstić information content (AvgIpc) is 2.35. The Morgan fingerprint density at radius 1 is 1.58 bits per heavy atom. The summed E-state index contributed by atoms with van der Waals surface area (Å²) in [6, 6.07) is 0. The highest BCUT2D eigenvalue weighted by Crippen LogP contribution is 2.17. The molecular formula is C7H16N2O2S. The minimum atomic E-state index is -2.95. The van der Waals surface area contributed by atoms with Gasteiger partial charge in [-0.2, -0.15) is 0 Å². The summed E-state index contributed by atoms with van der Waals surface area (Å²) in [4.78, 5) is 0. The molecule has 0 radical (unpaired) electrons. The molecule has 1 fully saturated rings. The van der Waals surface area contributed by atoms with E-state index in [9.17, 15) is 8.42 Å². The second-order valence-corrected chi connectivity index (χ2v) is 5.32. The monoisotopic (exact) mass is 192 g/mol. The first-order valence-corrected chi connectivity index (χ1v) is 5.98. The van der Waals surface area contributed by atoms with Gasteiger partial charge in [-0.1, -0.05) is 0 Å². The third kappa shape index (κ3) is 2.43. The average molecular weight is 192 g/mol. The fraction of sp³-hybridized carbons (Fsp3) is 1.00. The quantitative estimate of drug-likeness (QED) is 0.655. The van der Waals surface area contributed by atoms with Crippen LogP contribution < -0.4 is 5.32 Å². The third-order valence-corrected chi connectivity index (χ3v) is 3.48. The van der Waals surface area contributed by atoms with Gasteiger partial charge in [-0.25, -0.2) is 12.7 Å². The van der Waals surface area contributed by atoms with Gasteiger partial charge in [-0.3, -0.25) is 0 Å². The Kier molecular flexibility index (Phi) is 3.09. The lowest BCUT2D eigenvalue weighted by Crippen LogP contribution is -2.29. The van der Waals surface area contributed by atoms with E-state index in [1.807, 2.05) is 7.05 Å². The fourth-order valence-corrected chi connectivity index (χ4v) is 2.47. The first-order valence-electron chi connectivity index (χ1n) is 4.13. The number of hydrogen-bond acceptors (Lipinski definition) is 3. The molecule has 72 valence electrons. The highest BCUT2D eigenvalue weighted by Gasteiger charge is 2.27. The predicted molar refractivity (Wildman–Crippen MR) is 48.5 cm³/mol. The smallest absolute Gasteiger partial charge is 0.211 e. The summed E-state index contributed by atoms with van der Waals surface area (Å²) in [5.41, 5.74) is 0. The molecular weight excluding hydrogens is 176 g/mol. The molecule has 1 heterocycles. The van der Waals surface area contributed by atoms with E-state index in [2.05, 4.69) is 5.32 Å². The van der Waals surface area contributed by atoms with Crippen molar-refractivity contribution in [2.45, 2.75) is 6.42 Å². The van der Waals surface area contributed by atoms with E-state index < -0.39 is 10.0 Å². The van der Waals surface area contributed by atoms with Gasteiger partial charge in [0.2, 0.25) is 10.0 Å². The van der Waals surface area contributed by atoms with Crippen LogP contribution in [0, 0.1) is 5.92 Å². The van der Waals surface area contributed by atoms with Crippen molar-refractivity contribution in [3.05, 3.63) is 0 Å². The third-order valence-electron chi connectivity index (χ3n) is 2.21. The number of sulfonamides is 1. The van der Waals surface area contributed by atoms with Gasteiger partial charge in [0.1, 0.15) is 0 Å². The lowest BCUT2D eigenvalue weighted by atomic mass is 10.1. The molecule has 0 aromatic carbocycles. The highest BCUT2D eigenvalue weighted by molar-refractivity contribution is 7.88. The zero-order valence-corrected chi connectivity index (χ0v) is 8.39. The van der Waals surface area contributed by atoms with Crippen LogP contribution in [0.15, 0.2) is 0 Å². The van der Waals surface area contributed by atoms with Crippen molar-refractivity contribution in [1.82, 2.24) is 9.62 Å². The van der Waals surface area contributed by atoms with Crippen LogP contribution >= 0.6 is 0 Å². The number of nitrogens with one attached hydrogen (secondary N) is 1. The van der Waals surface area contributed by atoms with E-state index in [0.717, 1.165) is 13.0 Å². The summed E-state index contributed by atoms with van der Waals surface area (Å²) < 4.78 is 23.7. The maximum Gasteiger partial charge on any atom is 0.211 e. The number of rotatable bonds is 3. The molecule has 0 aliphatic carbocycles. The second-order valence-electron chi connectivity index (χ2n) is 3.33. The van der Waals surface area contributed by atoms with Crippen molar-refractivity contribution >= 4 is 10.0 Å². The summed E-state index contributed by atoms with van der Waals surface area (Å²) in [6.45, 7) is 2.27. The van der Waals surface area contributed by atoms with Crippen LogP contribution in [-0.2, 0) is 10.0 Å². The zero-order valence-electron chi connectivity index (χ0n) is 7.58. The van der Waals surface area contributed by atoms with Crippen LogP contribution in [0.5, 0.6) is 0 Å². The van der Waals surface area contributed by atoms with Gasteiger partial charge in [0.25, 0.3) is 0 Å². The van der Waals surface area contributed by atoms with E-state index >= 15 is 0 Å². The lowest BCUT2D eigenvalue weighted by molar-refractivity contribution is 0.455. The summed E-state index contributed by atoms with van der Waals surface area (Å²) in [7, 11) is -1.06. The van der Waals surface area contributed by atoms with Crippen molar-refractivity contribution in [2.75, 3.05) is 32.9 Å². The molecule has 1 unspecified atom stereocenters. The number of nitrogens with zero attached hydrogens (tertiary/aromatic N) is 1. The van der Waals surface area contributed by atoms with Crippen LogP contribution in [0.1, 0.15) is 6.42 Å². The summed E-state index contributed by atoms with van der Waals surface area (Å²) in [6.07, 6.45) is 2.25. The Morgan fingerprint density at radius 2 is 2.25 bits per heavy atom. The van der Waals surface area contributed by atoms with Gasteiger partial charge in [-0.05, 0) is 25.9 Å². The lowest BCUT2D eigenvalue weighted by Gasteiger charge is -2.12. The van der Waals surface area contributed by atoms with Gasteiger partial charge in [0.05, 0.1) is 6.26 Å². The molecule has 0 amide bonds. The zero-order chi connectivity index (χ0) is 9.19. The molecule has 12 heavy (non-hydrogen) atoms. The van der Waals surface area contributed by atoms with Gasteiger partial charge >= 0.3 is 0 Å². The van der Waals surface area contributed by atoms with Gasteiger partial charge in [0, 0.05) is 13.1 Å². The van der Waals surface area contributed by atoms with E-state index in [0.29, 0.717) is 19.0 Å². The second kappa shape index (κ2) is 3.72. The predicted octanol–water partition coefficient (Wildman–Crippen LogP) is -0.513.